The molecule has 0 bridgehead atoms. The second-order valence-corrected chi connectivity index (χ2v) is 5.06. The normalized spacial score (nSPS) is 12.9. The average molecular weight is 231 g/mol. The Labute approximate surface area is 80.1 Å². The Morgan fingerprint density at radius 2 is 2.45 bits per heavy atom. The van der Waals surface area contributed by atoms with Crippen molar-refractivity contribution >= 4 is 27.3 Å². The third-order valence-electron chi connectivity index (χ3n) is 1.60. The third kappa shape index (κ3) is 2.46. The minimum atomic E-state index is 0.615. The van der Waals surface area contributed by atoms with Gasteiger partial charge >= 0.3 is 0 Å². The first-order valence-corrected chi connectivity index (χ1v) is 5.21. The SMILES string of the molecule is C=CCC(C)c1ccc(Br)s1. The van der Waals surface area contributed by atoms with Crippen LogP contribution < -0.4 is 0 Å². The third-order valence-corrected chi connectivity index (χ3v) is 3.46. The first-order chi connectivity index (χ1) is 5.24. The molecule has 1 unspecified atom stereocenters. The average Bonchev–Trinajstić information content (AvgIpc) is 2.36. The summed E-state index contributed by atoms with van der Waals surface area (Å²) in [6.07, 6.45) is 3.03. The van der Waals surface area contributed by atoms with E-state index in [-0.39, 0.29) is 0 Å². The summed E-state index contributed by atoms with van der Waals surface area (Å²) in [4.78, 5) is 1.43. The summed E-state index contributed by atoms with van der Waals surface area (Å²) in [5, 5.41) is 0. The van der Waals surface area contributed by atoms with Crippen LogP contribution in [-0.4, -0.2) is 0 Å². The van der Waals surface area contributed by atoms with Crippen LogP contribution in [0, 0.1) is 0 Å². The fourth-order valence-corrected chi connectivity index (χ4v) is 2.45. The summed E-state index contributed by atoms with van der Waals surface area (Å²) in [5.74, 6) is 0.615. The van der Waals surface area contributed by atoms with Crippen LogP contribution in [0.3, 0.4) is 0 Å². The van der Waals surface area contributed by atoms with Gasteiger partial charge in [0, 0.05) is 4.88 Å². The molecule has 60 valence electrons. The number of hydrogen-bond acceptors (Lipinski definition) is 1. The molecule has 0 aliphatic heterocycles. The van der Waals surface area contributed by atoms with Crippen LogP contribution in [0.1, 0.15) is 24.1 Å². The first-order valence-electron chi connectivity index (χ1n) is 3.60. The van der Waals surface area contributed by atoms with Gasteiger partial charge < -0.3 is 0 Å². The van der Waals surface area contributed by atoms with Crippen molar-refractivity contribution in [1.29, 1.82) is 0 Å². The highest BCUT2D eigenvalue weighted by Gasteiger charge is 2.05. The van der Waals surface area contributed by atoms with Crippen LogP contribution in [0.25, 0.3) is 0 Å². The van der Waals surface area contributed by atoms with Crippen LogP contribution in [0.4, 0.5) is 0 Å². The van der Waals surface area contributed by atoms with Crippen molar-refractivity contribution in [3.8, 4) is 0 Å². The number of hydrogen-bond donors (Lipinski definition) is 0. The van der Waals surface area contributed by atoms with E-state index in [1.165, 1.54) is 8.66 Å². The molecular formula is C9H11BrS. The van der Waals surface area contributed by atoms with Gasteiger partial charge in [-0.2, -0.15) is 0 Å². The van der Waals surface area contributed by atoms with Gasteiger partial charge in [0.15, 0.2) is 0 Å². The molecule has 0 saturated heterocycles. The van der Waals surface area contributed by atoms with Gasteiger partial charge in [0.1, 0.15) is 0 Å². The van der Waals surface area contributed by atoms with Gasteiger partial charge in [-0.1, -0.05) is 13.0 Å². The summed E-state index contributed by atoms with van der Waals surface area (Å²) in [6, 6.07) is 4.27. The molecule has 1 aromatic heterocycles. The Morgan fingerprint density at radius 1 is 1.73 bits per heavy atom. The van der Waals surface area contributed by atoms with Gasteiger partial charge in [0.05, 0.1) is 3.79 Å². The second kappa shape index (κ2) is 4.07. The number of halogens is 1. The topological polar surface area (TPSA) is 0 Å². The molecule has 1 heterocycles. The van der Waals surface area contributed by atoms with Crippen molar-refractivity contribution in [2.45, 2.75) is 19.3 Å². The van der Waals surface area contributed by atoms with Crippen molar-refractivity contribution in [1.82, 2.24) is 0 Å². The summed E-state index contributed by atoms with van der Waals surface area (Å²) in [7, 11) is 0. The fourth-order valence-electron chi connectivity index (χ4n) is 0.959. The molecule has 0 spiro atoms. The van der Waals surface area contributed by atoms with Crippen molar-refractivity contribution in [2.24, 2.45) is 0 Å². The molecule has 2 heteroatoms. The molecular weight excluding hydrogens is 220 g/mol. The molecule has 0 fully saturated rings. The van der Waals surface area contributed by atoms with Crippen LogP contribution in [0.2, 0.25) is 0 Å². The summed E-state index contributed by atoms with van der Waals surface area (Å²) >= 11 is 5.25. The Balaban J connectivity index is 2.67. The van der Waals surface area contributed by atoms with E-state index in [4.69, 9.17) is 0 Å². The van der Waals surface area contributed by atoms with Gasteiger partial charge in [-0.3, -0.25) is 0 Å². The van der Waals surface area contributed by atoms with Crippen molar-refractivity contribution in [2.75, 3.05) is 0 Å². The zero-order valence-corrected chi connectivity index (χ0v) is 8.91. The lowest BCUT2D eigenvalue weighted by Crippen LogP contribution is -1.85. The number of allylic oxidation sites excluding steroid dienone is 1. The smallest absolute Gasteiger partial charge is 0.0701 e. The minimum absolute atomic E-state index is 0.615. The van der Waals surface area contributed by atoms with Crippen LogP contribution in [0.15, 0.2) is 28.6 Å². The van der Waals surface area contributed by atoms with E-state index in [2.05, 4.69) is 41.6 Å². The maximum atomic E-state index is 3.73. The molecule has 1 rings (SSSR count). The quantitative estimate of drug-likeness (QED) is 0.684. The zero-order chi connectivity index (χ0) is 8.27. The van der Waals surface area contributed by atoms with Crippen LogP contribution >= 0.6 is 27.3 Å². The van der Waals surface area contributed by atoms with Gasteiger partial charge in [-0.15, -0.1) is 17.9 Å². The Morgan fingerprint density at radius 3 is 2.91 bits per heavy atom. The lowest BCUT2D eigenvalue weighted by atomic mass is 10.1. The lowest BCUT2D eigenvalue weighted by Gasteiger charge is -2.03. The predicted molar refractivity (Wildman–Crippen MR) is 55.2 cm³/mol. The second-order valence-electron chi connectivity index (χ2n) is 2.57. The predicted octanol–water partition coefficient (Wildman–Crippen LogP) is 4.19. The number of thiophene rings is 1. The van der Waals surface area contributed by atoms with Gasteiger partial charge in [-0.05, 0) is 40.4 Å². The first kappa shape index (κ1) is 9.01. The lowest BCUT2D eigenvalue weighted by molar-refractivity contribution is 0.799. The van der Waals surface area contributed by atoms with Crippen molar-refractivity contribution in [3.05, 3.63) is 33.5 Å². The highest BCUT2D eigenvalue weighted by molar-refractivity contribution is 9.11. The van der Waals surface area contributed by atoms with E-state index in [0.29, 0.717) is 5.92 Å². The van der Waals surface area contributed by atoms with Crippen LogP contribution in [-0.2, 0) is 0 Å². The highest BCUT2D eigenvalue weighted by atomic mass is 79.9. The van der Waals surface area contributed by atoms with Crippen molar-refractivity contribution in [3.63, 3.8) is 0 Å². The Kier molecular flexibility index (Phi) is 3.34. The number of rotatable bonds is 3. The van der Waals surface area contributed by atoms with E-state index in [9.17, 15) is 0 Å². The van der Waals surface area contributed by atoms with Crippen molar-refractivity contribution < 1.29 is 0 Å². The molecule has 0 aliphatic rings. The molecule has 0 amide bonds. The van der Waals surface area contributed by atoms with Gasteiger partial charge in [0.25, 0.3) is 0 Å². The van der Waals surface area contributed by atoms with Crippen LogP contribution in [0.5, 0.6) is 0 Å². The molecule has 0 nitrogen and oxygen atoms in total. The molecule has 0 N–H and O–H groups in total. The zero-order valence-electron chi connectivity index (χ0n) is 6.51. The molecule has 11 heavy (non-hydrogen) atoms. The fraction of sp³-hybridized carbons (Fsp3) is 0.333. The van der Waals surface area contributed by atoms with E-state index < -0.39 is 0 Å². The summed E-state index contributed by atoms with van der Waals surface area (Å²) in [5.41, 5.74) is 0. The van der Waals surface area contributed by atoms with E-state index >= 15 is 0 Å². The molecule has 0 saturated carbocycles. The summed E-state index contributed by atoms with van der Waals surface area (Å²) < 4.78 is 1.21. The Hall–Kier alpha value is -0.0800. The maximum Gasteiger partial charge on any atom is 0.0701 e. The van der Waals surface area contributed by atoms with E-state index in [1.54, 1.807) is 11.3 Å². The summed E-state index contributed by atoms with van der Waals surface area (Å²) in [6.45, 7) is 5.95. The molecule has 1 aromatic rings. The molecule has 0 aromatic carbocycles. The highest BCUT2D eigenvalue weighted by Crippen LogP contribution is 2.29. The monoisotopic (exact) mass is 230 g/mol. The van der Waals surface area contributed by atoms with E-state index in [0.717, 1.165) is 6.42 Å². The van der Waals surface area contributed by atoms with Gasteiger partial charge in [-0.25, -0.2) is 0 Å². The van der Waals surface area contributed by atoms with E-state index in [1.807, 2.05) is 6.08 Å². The standard InChI is InChI=1S/C9H11BrS/c1-3-4-7(2)8-5-6-9(10)11-8/h3,5-7H,1,4H2,2H3. The molecule has 1 atom stereocenters. The molecule has 0 radical (unpaired) electrons. The maximum absolute atomic E-state index is 3.73. The van der Waals surface area contributed by atoms with Gasteiger partial charge in [0.2, 0.25) is 0 Å². The minimum Gasteiger partial charge on any atom is -0.133 e. The largest absolute Gasteiger partial charge is 0.133 e. The molecule has 0 aliphatic carbocycles. The Bertz CT molecular complexity index is 239.